The number of anilines is 1. The first-order valence-corrected chi connectivity index (χ1v) is 11.3. The molecule has 0 saturated carbocycles. The zero-order chi connectivity index (χ0) is 23.5. The average molecular weight is 474 g/mol. The van der Waals surface area contributed by atoms with Gasteiger partial charge in [0.2, 0.25) is 10.0 Å². The molecule has 1 N–H and O–H groups in total. The molecule has 1 aliphatic rings. The summed E-state index contributed by atoms with van der Waals surface area (Å²) in [6.45, 7) is 0.626. The number of benzene rings is 2. The third kappa shape index (κ3) is 5.77. The average Bonchev–Trinajstić information content (AvgIpc) is 2.74. The Morgan fingerprint density at radius 1 is 1.09 bits per heavy atom. The van der Waals surface area contributed by atoms with Crippen LogP contribution in [0.2, 0.25) is 0 Å². The number of ether oxygens (including phenoxy) is 1. The summed E-state index contributed by atoms with van der Waals surface area (Å²) in [5, 5.41) is 2.41. The number of amides is 1. The fraction of sp³-hybridized carbons (Fsp3) is 0.381. The first-order chi connectivity index (χ1) is 15.0. The van der Waals surface area contributed by atoms with Crippen LogP contribution in [0.5, 0.6) is 5.75 Å². The highest BCUT2D eigenvalue weighted by Crippen LogP contribution is 2.29. The van der Waals surface area contributed by atoms with Gasteiger partial charge in [0, 0.05) is 18.7 Å². The Morgan fingerprint density at radius 3 is 2.44 bits per heavy atom. The Bertz CT molecular complexity index is 1100. The maximum atomic E-state index is 14.4. The van der Waals surface area contributed by atoms with Crippen molar-refractivity contribution in [3.63, 3.8) is 0 Å². The Balaban J connectivity index is 1.86. The monoisotopic (exact) mass is 474 g/mol. The number of piperidine rings is 1. The van der Waals surface area contributed by atoms with Crippen LogP contribution >= 0.6 is 0 Å². The summed E-state index contributed by atoms with van der Waals surface area (Å²) in [4.78, 5) is 12.1. The summed E-state index contributed by atoms with van der Waals surface area (Å²) in [5.41, 5.74) is 0.413. The molecule has 174 valence electrons. The molecule has 0 radical (unpaired) electrons. The van der Waals surface area contributed by atoms with Gasteiger partial charge in [0.05, 0.1) is 5.69 Å². The van der Waals surface area contributed by atoms with Crippen LogP contribution in [0.4, 0.5) is 23.2 Å². The van der Waals surface area contributed by atoms with Crippen LogP contribution in [0.3, 0.4) is 0 Å². The van der Waals surface area contributed by atoms with Crippen LogP contribution in [0.25, 0.3) is 0 Å². The van der Waals surface area contributed by atoms with Crippen LogP contribution in [-0.2, 0) is 10.0 Å². The lowest BCUT2D eigenvalue weighted by molar-refractivity contribution is -0.153. The molecule has 3 rings (SSSR count). The van der Waals surface area contributed by atoms with Gasteiger partial charge < -0.3 is 10.1 Å². The van der Waals surface area contributed by atoms with Crippen LogP contribution in [-0.4, -0.2) is 44.5 Å². The van der Waals surface area contributed by atoms with Gasteiger partial charge in [-0.2, -0.15) is 17.5 Å². The number of hydrogen-bond donors (Lipinski definition) is 1. The van der Waals surface area contributed by atoms with Gasteiger partial charge >= 0.3 is 6.18 Å². The number of hydrogen-bond acceptors (Lipinski definition) is 4. The third-order valence-corrected chi connectivity index (χ3v) is 6.82. The maximum Gasteiger partial charge on any atom is 0.422 e. The van der Waals surface area contributed by atoms with E-state index in [0.29, 0.717) is 18.4 Å². The first kappa shape index (κ1) is 24.0. The maximum absolute atomic E-state index is 14.4. The van der Waals surface area contributed by atoms with E-state index >= 15 is 0 Å². The van der Waals surface area contributed by atoms with E-state index in [1.807, 2.05) is 0 Å². The normalized spacial score (nSPS) is 15.4. The molecule has 11 heteroatoms. The smallest absolute Gasteiger partial charge is 0.422 e. The fourth-order valence-corrected chi connectivity index (χ4v) is 4.90. The van der Waals surface area contributed by atoms with Gasteiger partial charge in [0.1, 0.15) is 16.5 Å². The second-order valence-electron chi connectivity index (χ2n) is 7.47. The molecule has 0 aliphatic carbocycles. The molecular weight excluding hydrogens is 452 g/mol. The van der Waals surface area contributed by atoms with E-state index in [-0.39, 0.29) is 30.1 Å². The molecule has 1 heterocycles. The van der Waals surface area contributed by atoms with Crippen LogP contribution in [0, 0.1) is 12.7 Å². The van der Waals surface area contributed by atoms with Crippen LogP contribution in [0.15, 0.2) is 41.3 Å². The van der Waals surface area contributed by atoms with Crippen molar-refractivity contribution in [2.45, 2.75) is 37.3 Å². The third-order valence-electron chi connectivity index (χ3n) is 4.90. The molecule has 0 aromatic heterocycles. The van der Waals surface area contributed by atoms with Crippen molar-refractivity contribution in [1.29, 1.82) is 0 Å². The predicted molar refractivity (Wildman–Crippen MR) is 110 cm³/mol. The van der Waals surface area contributed by atoms with Gasteiger partial charge in [0.25, 0.3) is 5.91 Å². The standard InChI is InChI=1S/C21H22F4N2O4S/c1-14-5-8-17(18(11-14)31-13-21(23,24)25)26-20(28)15-6-7-16(22)19(12-15)32(29,30)27-9-3-2-4-10-27/h5-8,11-12H,2-4,9-10,13H2,1H3,(H,26,28). The van der Waals surface area contributed by atoms with Gasteiger partial charge in [-0.1, -0.05) is 12.5 Å². The molecular formula is C21H22F4N2O4S. The van der Waals surface area contributed by atoms with Crippen molar-refractivity contribution in [3.8, 4) is 5.75 Å². The lowest BCUT2D eigenvalue weighted by Gasteiger charge is -2.26. The Labute approximate surface area is 183 Å². The highest BCUT2D eigenvalue weighted by molar-refractivity contribution is 7.89. The summed E-state index contributed by atoms with van der Waals surface area (Å²) >= 11 is 0. The molecule has 1 fully saturated rings. The lowest BCUT2D eigenvalue weighted by atomic mass is 10.1. The van der Waals surface area contributed by atoms with Gasteiger partial charge in [-0.05, 0) is 55.7 Å². The number of halogens is 4. The SMILES string of the molecule is Cc1ccc(NC(=O)c2ccc(F)c(S(=O)(=O)N3CCCCC3)c2)c(OCC(F)(F)F)c1. The molecule has 0 spiro atoms. The summed E-state index contributed by atoms with van der Waals surface area (Å²) in [6, 6.07) is 7.17. The molecule has 2 aromatic carbocycles. The molecule has 0 bridgehead atoms. The second kappa shape index (κ2) is 9.45. The topological polar surface area (TPSA) is 75.7 Å². The first-order valence-electron chi connectivity index (χ1n) is 9.88. The lowest BCUT2D eigenvalue weighted by Crippen LogP contribution is -2.36. The van der Waals surface area contributed by atoms with Crippen molar-refractivity contribution in [2.24, 2.45) is 0 Å². The Hall–Kier alpha value is -2.66. The van der Waals surface area contributed by atoms with E-state index in [1.165, 1.54) is 16.4 Å². The minimum atomic E-state index is -4.57. The fourth-order valence-electron chi connectivity index (χ4n) is 3.29. The minimum Gasteiger partial charge on any atom is -0.482 e. The van der Waals surface area contributed by atoms with Crippen molar-refractivity contribution in [2.75, 3.05) is 25.0 Å². The Morgan fingerprint density at radius 2 is 1.78 bits per heavy atom. The van der Waals surface area contributed by atoms with Crippen molar-refractivity contribution in [3.05, 3.63) is 53.3 Å². The van der Waals surface area contributed by atoms with E-state index in [2.05, 4.69) is 5.32 Å². The highest BCUT2D eigenvalue weighted by Gasteiger charge is 2.30. The number of rotatable bonds is 6. The largest absolute Gasteiger partial charge is 0.482 e. The van der Waals surface area contributed by atoms with E-state index in [0.717, 1.165) is 24.6 Å². The van der Waals surface area contributed by atoms with E-state index < -0.39 is 39.4 Å². The van der Waals surface area contributed by atoms with Crippen LogP contribution in [0.1, 0.15) is 35.2 Å². The summed E-state index contributed by atoms with van der Waals surface area (Å²) in [7, 11) is -4.13. The summed E-state index contributed by atoms with van der Waals surface area (Å²) < 4.78 is 83.6. The summed E-state index contributed by atoms with van der Waals surface area (Å²) in [5.74, 6) is -2.00. The van der Waals surface area contributed by atoms with Crippen molar-refractivity contribution in [1.82, 2.24) is 4.31 Å². The number of aryl methyl sites for hydroxylation is 1. The highest BCUT2D eigenvalue weighted by atomic mass is 32.2. The number of carbonyl (C=O) groups is 1. The van der Waals surface area contributed by atoms with E-state index in [4.69, 9.17) is 4.74 Å². The molecule has 0 atom stereocenters. The van der Waals surface area contributed by atoms with Crippen molar-refractivity contribution >= 4 is 21.6 Å². The van der Waals surface area contributed by atoms with Gasteiger partial charge in [-0.15, -0.1) is 0 Å². The molecule has 0 unspecified atom stereocenters. The minimum absolute atomic E-state index is 0.0328. The molecule has 1 saturated heterocycles. The zero-order valence-electron chi connectivity index (χ0n) is 17.2. The molecule has 2 aromatic rings. The zero-order valence-corrected chi connectivity index (χ0v) is 18.0. The number of nitrogens with one attached hydrogen (secondary N) is 1. The van der Waals surface area contributed by atoms with Crippen LogP contribution < -0.4 is 10.1 Å². The molecule has 32 heavy (non-hydrogen) atoms. The van der Waals surface area contributed by atoms with Gasteiger partial charge in [-0.3, -0.25) is 4.79 Å². The number of nitrogens with zero attached hydrogens (tertiary/aromatic N) is 1. The second-order valence-corrected chi connectivity index (χ2v) is 9.37. The Kier molecular flexibility index (Phi) is 7.09. The number of carbonyl (C=O) groups excluding carboxylic acids is 1. The van der Waals surface area contributed by atoms with E-state index in [1.54, 1.807) is 13.0 Å². The molecule has 1 amide bonds. The van der Waals surface area contributed by atoms with Crippen molar-refractivity contribution < 1.29 is 35.5 Å². The summed E-state index contributed by atoms with van der Waals surface area (Å²) in [6.07, 6.45) is -2.36. The van der Waals surface area contributed by atoms with Gasteiger partial charge in [-0.25, -0.2) is 12.8 Å². The van der Waals surface area contributed by atoms with E-state index in [9.17, 15) is 30.8 Å². The molecule has 6 nitrogen and oxygen atoms in total. The number of sulfonamides is 1. The molecule has 1 aliphatic heterocycles. The predicted octanol–water partition coefficient (Wildman–Crippen LogP) is 4.50. The quantitative estimate of drug-likeness (QED) is 0.626. The number of alkyl halides is 3. The van der Waals surface area contributed by atoms with Gasteiger partial charge in [0.15, 0.2) is 6.61 Å².